The first-order valence-electron chi connectivity index (χ1n) is 6.18. The molecule has 104 valence electrons. The van der Waals surface area contributed by atoms with E-state index in [2.05, 4.69) is 0 Å². The van der Waals surface area contributed by atoms with Gasteiger partial charge in [-0.2, -0.15) is 0 Å². The molecule has 0 amide bonds. The molecule has 1 heterocycles. The van der Waals surface area contributed by atoms with Crippen LogP contribution in [0.1, 0.15) is 31.7 Å². The highest BCUT2D eigenvalue weighted by atomic mass is 16.9. The van der Waals surface area contributed by atoms with Gasteiger partial charge in [-0.3, -0.25) is 5.21 Å². The minimum absolute atomic E-state index is 0.0258. The molecule has 0 fully saturated rings. The number of benzene rings is 1. The van der Waals surface area contributed by atoms with Gasteiger partial charge in [0.15, 0.2) is 5.79 Å². The highest BCUT2D eigenvalue weighted by Gasteiger charge is 2.39. The van der Waals surface area contributed by atoms with E-state index in [1.54, 1.807) is 28.1 Å². The van der Waals surface area contributed by atoms with Crippen molar-refractivity contribution < 1.29 is 19.2 Å². The average Bonchev–Trinajstić information content (AvgIpc) is 2.43. The molecule has 1 aliphatic heterocycles. The van der Waals surface area contributed by atoms with Gasteiger partial charge in [0, 0.05) is 25.4 Å². The van der Waals surface area contributed by atoms with Crippen LogP contribution in [-0.4, -0.2) is 30.6 Å². The summed E-state index contributed by atoms with van der Waals surface area (Å²) in [7, 11) is 3.17. The Kier molecular flexibility index (Phi) is 3.66. The molecule has 0 unspecified atom stereocenters. The third-order valence-corrected chi connectivity index (χ3v) is 3.59. The lowest BCUT2D eigenvalue weighted by Crippen LogP contribution is -2.43. The Labute approximate surface area is 112 Å². The molecule has 0 aromatic heterocycles. The summed E-state index contributed by atoms with van der Waals surface area (Å²) < 4.78 is 10.4. The zero-order valence-corrected chi connectivity index (χ0v) is 11.7. The van der Waals surface area contributed by atoms with Gasteiger partial charge < -0.3 is 14.3 Å². The second-order valence-corrected chi connectivity index (χ2v) is 4.86. The molecule has 0 radical (unpaired) electrons. The number of methoxy groups -OCH3 is 2. The summed E-state index contributed by atoms with van der Waals surface area (Å²) in [5, 5.41) is 11.8. The normalized spacial score (nSPS) is 27.1. The SMILES string of the molecule is COc1ccc([C@@H]2C[C@@](C)(OC)O[N+]([O-])=C2C)cc1. The second-order valence-electron chi connectivity index (χ2n) is 4.86. The van der Waals surface area contributed by atoms with Gasteiger partial charge in [0.1, 0.15) is 5.75 Å². The van der Waals surface area contributed by atoms with Gasteiger partial charge in [-0.1, -0.05) is 12.1 Å². The van der Waals surface area contributed by atoms with E-state index in [4.69, 9.17) is 14.3 Å². The topological polar surface area (TPSA) is 53.8 Å². The van der Waals surface area contributed by atoms with E-state index in [1.807, 2.05) is 24.3 Å². The van der Waals surface area contributed by atoms with Crippen molar-refractivity contribution in [3.05, 3.63) is 35.0 Å². The van der Waals surface area contributed by atoms with Crippen LogP contribution in [0.15, 0.2) is 24.3 Å². The maximum absolute atomic E-state index is 11.8. The number of rotatable bonds is 3. The summed E-state index contributed by atoms with van der Waals surface area (Å²) in [6.45, 7) is 3.54. The van der Waals surface area contributed by atoms with Crippen molar-refractivity contribution in [2.24, 2.45) is 0 Å². The van der Waals surface area contributed by atoms with E-state index in [0.29, 0.717) is 17.0 Å². The van der Waals surface area contributed by atoms with Crippen molar-refractivity contribution in [2.75, 3.05) is 14.2 Å². The first-order valence-corrected chi connectivity index (χ1v) is 6.18. The quantitative estimate of drug-likeness (QED) is 0.788. The standard InChI is InChI=1S/C14H19NO4/c1-10-13(9-14(2,18-4)19-15(10)16)11-5-7-12(17-3)8-6-11/h5-8,13H,9H2,1-4H3/t13-,14+/m1/s1. The van der Waals surface area contributed by atoms with Gasteiger partial charge >= 0.3 is 0 Å². The van der Waals surface area contributed by atoms with Gasteiger partial charge in [-0.05, 0) is 24.6 Å². The maximum Gasteiger partial charge on any atom is 0.226 e. The summed E-state index contributed by atoms with van der Waals surface area (Å²) in [6, 6.07) is 7.69. The fraction of sp³-hybridized carbons (Fsp3) is 0.500. The molecule has 5 heteroatoms. The Morgan fingerprint density at radius 2 is 1.95 bits per heavy atom. The Hall–Kier alpha value is -1.75. The van der Waals surface area contributed by atoms with Gasteiger partial charge in [-0.15, -0.1) is 0 Å². The zero-order valence-electron chi connectivity index (χ0n) is 11.7. The molecule has 2 atom stereocenters. The molecule has 0 N–H and O–H groups in total. The fourth-order valence-electron chi connectivity index (χ4n) is 2.25. The van der Waals surface area contributed by atoms with E-state index in [1.165, 1.54) is 0 Å². The molecule has 0 aliphatic carbocycles. The van der Waals surface area contributed by atoms with Crippen LogP contribution in [0.3, 0.4) is 0 Å². The Bertz CT molecular complexity index is 483. The van der Waals surface area contributed by atoms with Crippen LogP contribution in [0.5, 0.6) is 5.75 Å². The van der Waals surface area contributed by atoms with Crippen molar-refractivity contribution in [1.29, 1.82) is 0 Å². The lowest BCUT2D eigenvalue weighted by atomic mass is 9.87. The van der Waals surface area contributed by atoms with Crippen molar-refractivity contribution in [1.82, 2.24) is 0 Å². The smallest absolute Gasteiger partial charge is 0.226 e. The van der Waals surface area contributed by atoms with Gasteiger partial charge in [-0.25, -0.2) is 0 Å². The molecule has 1 aliphatic rings. The third-order valence-electron chi connectivity index (χ3n) is 3.59. The van der Waals surface area contributed by atoms with Gasteiger partial charge in [0.05, 0.1) is 13.0 Å². The average molecular weight is 265 g/mol. The van der Waals surface area contributed by atoms with E-state index in [-0.39, 0.29) is 5.92 Å². The molecule has 0 saturated heterocycles. The van der Waals surface area contributed by atoms with E-state index in [9.17, 15) is 5.21 Å². The molecule has 0 saturated carbocycles. The zero-order chi connectivity index (χ0) is 14.0. The van der Waals surface area contributed by atoms with Crippen LogP contribution >= 0.6 is 0 Å². The van der Waals surface area contributed by atoms with E-state index >= 15 is 0 Å². The predicted octanol–water partition coefficient (Wildman–Crippen LogP) is 2.45. The highest BCUT2D eigenvalue weighted by molar-refractivity contribution is 5.84. The minimum Gasteiger partial charge on any atom is -0.497 e. The summed E-state index contributed by atoms with van der Waals surface area (Å²) in [5.41, 5.74) is 1.67. The second kappa shape index (κ2) is 5.09. The Morgan fingerprint density at radius 3 is 2.47 bits per heavy atom. The molecule has 19 heavy (non-hydrogen) atoms. The van der Waals surface area contributed by atoms with Crippen LogP contribution in [-0.2, 0) is 9.57 Å². The summed E-state index contributed by atoms with van der Waals surface area (Å²) in [4.78, 5) is 5.78. The van der Waals surface area contributed by atoms with Crippen LogP contribution in [0.25, 0.3) is 0 Å². The lowest BCUT2D eigenvalue weighted by molar-refractivity contribution is -0.787. The van der Waals surface area contributed by atoms with Crippen LogP contribution in [0.2, 0.25) is 0 Å². The minimum atomic E-state index is -0.897. The van der Waals surface area contributed by atoms with Crippen molar-refractivity contribution in [2.45, 2.75) is 32.0 Å². The molecule has 0 bridgehead atoms. The van der Waals surface area contributed by atoms with Crippen molar-refractivity contribution >= 4 is 5.71 Å². The Balaban J connectivity index is 2.33. The lowest BCUT2D eigenvalue weighted by Gasteiger charge is -2.37. The van der Waals surface area contributed by atoms with Crippen molar-refractivity contribution in [3.63, 3.8) is 0 Å². The van der Waals surface area contributed by atoms with Gasteiger partial charge in [0.2, 0.25) is 5.71 Å². The highest BCUT2D eigenvalue weighted by Crippen LogP contribution is 2.34. The fourth-order valence-corrected chi connectivity index (χ4v) is 2.25. The van der Waals surface area contributed by atoms with Gasteiger partial charge in [0.25, 0.3) is 0 Å². The van der Waals surface area contributed by atoms with E-state index < -0.39 is 5.79 Å². The predicted molar refractivity (Wildman–Crippen MR) is 71.2 cm³/mol. The monoisotopic (exact) mass is 265 g/mol. The molecule has 1 aromatic rings. The number of hydrogen-bond donors (Lipinski definition) is 0. The third kappa shape index (κ3) is 2.66. The molecular formula is C14H19NO4. The molecule has 0 spiro atoms. The number of nitrogens with zero attached hydrogens (tertiary/aromatic N) is 1. The van der Waals surface area contributed by atoms with E-state index in [0.717, 1.165) is 11.3 Å². The first-order chi connectivity index (χ1) is 8.99. The summed E-state index contributed by atoms with van der Waals surface area (Å²) in [6.07, 6.45) is 0.598. The van der Waals surface area contributed by atoms with Crippen molar-refractivity contribution in [3.8, 4) is 5.75 Å². The maximum atomic E-state index is 11.8. The summed E-state index contributed by atoms with van der Waals surface area (Å²) in [5.74, 6) is -0.129. The van der Waals surface area contributed by atoms with Crippen LogP contribution in [0, 0.1) is 5.21 Å². The van der Waals surface area contributed by atoms with Crippen LogP contribution in [0.4, 0.5) is 0 Å². The molecule has 5 nitrogen and oxygen atoms in total. The number of ether oxygens (including phenoxy) is 2. The van der Waals surface area contributed by atoms with Crippen LogP contribution < -0.4 is 4.74 Å². The molecule has 1 aromatic carbocycles. The molecular weight excluding hydrogens is 246 g/mol. The Morgan fingerprint density at radius 1 is 1.32 bits per heavy atom. The summed E-state index contributed by atoms with van der Waals surface area (Å²) >= 11 is 0. The first kappa shape index (κ1) is 13.7. The largest absolute Gasteiger partial charge is 0.497 e. The number of hydrogen-bond acceptors (Lipinski definition) is 4. The molecule has 2 rings (SSSR count).